The summed E-state index contributed by atoms with van der Waals surface area (Å²) in [5.41, 5.74) is 3.61. The highest BCUT2D eigenvalue weighted by atomic mass is 32.1. The van der Waals surface area contributed by atoms with Crippen LogP contribution in [-0.2, 0) is 11.3 Å². The Morgan fingerprint density at radius 1 is 1.08 bits per heavy atom. The summed E-state index contributed by atoms with van der Waals surface area (Å²) in [6, 6.07) is 13.0. The number of aromatic nitrogens is 1. The number of benzene rings is 1. The van der Waals surface area contributed by atoms with E-state index in [1.54, 1.807) is 19.9 Å². The second-order valence-electron chi connectivity index (χ2n) is 9.78. The maximum absolute atomic E-state index is 13.2. The molecule has 2 aliphatic heterocycles. The molecule has 8 nitrogen and oxygen atoms in total. The third-order valence-corrected chi connectivity index (χ3v) is 8.78. The molecule has 3 aromatic rings. The van der Waals surface area contributed by atoms with Crippen molar-refractivity contribution in [2.75, 3.05) is 30.3 Å². The molecule has 2 aliphatic rings. The van der Waals surface area contributed by atoms with Gasteiger partial charge in [-0.15, -0.1) is 11.3 Å². The number of aryl methyl sites for hydroxylation is 1. The molecule has 0 radical (unpaired) electrons. The molecule has 1 aromatic carbocycles. The van der Waals surface area contributed by atoms with Crippen LogP contribution in [0.2, 0.25) is 0 Å². The predicted molar refractivity (Wildman–Crippen MR) is 153 cm³/mol. The predicted octanol–water partition coefficient (Wildman–Crippen LogP) is 4.77. The number of fused-ring (bicyclic) bond motifs is 4. The van der Waals surface area contributed by atoms with E-state index in [0.29, 0.717) is 57.4 Å². The summed E-state index contributed by atoms with van der Waals surface area (Å²) >= 11 is 7.00. The minimum atomic E-state index is -0.495. The van der Waals surface area contributed by atoms with Gasteiger partial charge in [0.2, 0.25) is 0 Å². The van der Waals surface area contributed by atoms with Crippen LogP contribution < -0.4 is 16.2 Å². The SMILES string of the molecule is CCOC(=O)c1c(NC(=S)N2C[C@H]3C[C@@H](C2)c2cccc(=O)n2C3)sc(C(=O)Nc2ccccc2C)c1C. The topological polar surface area (TPSA) is 92.7 Å². The number of hydrogen-bond acceptors (Lipinski definition) is 6. The maximum atomic E-state index is 13.2. The van der Waals surface area contributed by atoms with Crippen LogP contribution in [0.1, 0.15) is 56.1 Å². The fourth-order valence-electron chi connectivity index (χ4n) is 5.40. The Balaban J connectivity index is 1.40. The summed E-state index contributed by atoms with van der Waals surface area (Å²) in [5.74, 6) is -0.293. The average Bonchev–Trinajstić information content (AvgIpc) is 3.21. The van der Waals surface area contributed by atoms with Crippen molar-refractivity contribution in [2.45, 2.75) is 39.7 Å². The van der Waals surface area contributed by atoms with E-state index >= 15 is 0 Å². The van der Waals surface area contributed by atoms with Crippen molar-refractivity contribution in [3.05, 3.63) is 80.1 Å². The van der Waals surface area contributed by atoms with Gasteiger partial charge in [0.1, 0.15) is 5.00 Å². The summed E-state index contributed by atoms with van der Waals surface area (Å²) in [7, 11) is 0. The molecule has 0 spiro atoms. The van der Waals surface area contributed by atoms with Crippen LogP contribution >= 0.6 is 23.6 Å². The van der Waals surface area contributed by atoms with Crippen LogP contribution in [0.25, 0.3) is 0 Å². The first kappa shape index (κ1) is 26.1. The van der Waals surface area contributed by atoms with E-state index in [1.807, 2.05) is 47.9 Å². The van der Waals surface area contributed by atoms with E-state index in [9.17, 15) is 14.4 Å². The van der Waals surface area contributed by atoms with E-state index in [-0.39, 0.29) is 24.0 Å². The fraction of sp³-hybridized carbons (Fsp3) is 0.357. The Hall–Kier alpha value is -3.50. The molecule has 1 amide bonds. The minimum absolute atomic E-state index is 0.0380. The minimum Gasteiger partial charge on any atom is -0.462 e. The highest BCUT2D eigenvalue weighted by Gasteiger charge is 2.36. The van der Waals surface area contributed by atoms with Crippen molar-refractivity contribution in [3.63, 3.8) is 0 Å². The summed E-state index contributed by atoms with van der Waals surface area (Å²) in [6.45, 7) is 7.70. The van der Waals surface area contributed by atoms with E-state index in [1.165, 1.54) is 11.3 Å². The van der Waals surface area contributed by atoms with Gasteiger partial charge in [-0.1, -0.05) is 24.3 Å². The lowest BCUT2D eigenvalue weighted by atomic mass is 9.83. The number of carbonyl (C=O) groups is 2. The number of thiocarbonyl (C=S) groups is 1. The number of nitrogens with one attached hydrogen (secondary N) is 2. The molecule has 1 saturated heterocycles. The Kier molecular flexibility index (Phi) is 7.36. The van der Waals surface area contributed by atoms with Crippen molar-refractivity contribution >= 4 is 51.2 Å². The Morgan fingerprint density at radius 2 is 1.87 bits per heavy atom. The van der Waals surface area contributed by atoms with Gasteiger partial charge in [0.15, 0.2) is 5.11 Å². The van der Waals surface area contributed by atoms with Gasteiger partial charge >= 0.3 is 5.97 Å². The van der Waals surface area contributed by atoms with Crippen molar-refractivity contribution in [3.8, 4) is 0 Å². The lowest BCUT2D eigenvalue weighted by molar-refractivity contribution is 0.0527. The molecule has 198 valence electrons. The first-order chi connectivity index (χ1) is 18.3. The van der Waals surface area contributed by atoms with Crippen molar-refractivity contribution < 1.29 is 14.3 Å². The zero-order valence-electron chi connectivity index (χ0n) is 21.6. The number of likely N-dealkylation sites (tertiary alicyclic amines) is 1. The zero-order chi connectivity index (χ0) is 27.0. The highest BCUT2D eigenvalue weighted by Crippen LogP contribution is 2.37. The summed E-state index contributed by atoms with van der Waals surface area (Å²) in [4.78, 5) is 41.1. The average molecular weight is 551 g/mol. The number of hydrogen-bond donors (Lipinski definition) is 2. The van der Waals surface area contributed by atoms with Gasteiger partial charge in [-0.3, -0.25) is 9.59 Å². The molecule has 2 bridgehead atoms. The molecule has 0 unspecified atom stereocenters. The molecule has 4 heterocycles. The second kappa shape index (κ2) is 10.7. The van der Waals surface area contributed by atoms with Gasteiger partial charge < -0.3 is 24.8 Å². The van der Waals surface area contributed by atoms with Crippen molar-refractivity contribution in [1.82, 2.24) is 9.47 Å². The van der Waals surface area contributed by atoms with Gasteiger partial charge in [0.05, 0.1) is 17.0 Å². The molecule has 10 heteroatoms. The van der Waals surface area contributed by atoms with Gasteiger partial charge in [0, 0.05) is 43.0 Å². The van der Waals surface area contributed by atoms with E-state index in [4.69, 9.17) is 17.0 Å². The van der Waals surface area contributed by atoms with Crippen molar-refractivity contribution in [1.29, 1.82) is 0 Å². The Bertz CT molecular complexity index is 1480. The van der Waals surface area contributed by atoms with Crippen LogP contribution in [0, 0.1) is 19.8 Å². The van der Waals surface area contributed by atoms with Crippen LogP contribution in [0.3, 0.4) is 0 Å². The molecule has 2 N–H and O–H groups in total. The second-order valence-corrected chi connectivity index (χ2v) is 11.2. The third-order valence-electron chi connectivity index (χ3n) is 7.21. The number of esters is 1. The molecule has 0 aliphatic carbocycles. The Labute approximate surface area is 230 Å². The number of anilines is 2. The van der Waals surface area contributed by atoms with Gasteiger partial charge in [-0.2, -0.15) is 0 Å². The molecule has 2 aromatic heterocycles. The van der Waals surface area contributed by atoms with Crippen LogP contribution in [-0.4, -0.2) is 46.2 Å². The quantitative estimate of drug-likeness (QED) is 0.349. The third kappa shape index (κ3) is 4.98. The van der Waals surface area contributed by atoms with Crippen molar-refractivity contribution in [2.24, 2.45) is 5.92 Å². The smallest absolute Gasteiger partial charge is 0.341 e. The summed E-state index contributed by atoms with van der Waals surface area (Å²) < 4.78 is 7.21. The molecule has 1 fully saturated rings. The monoisotopic (exact) mass is 550 g/mol. The first-order valence-electron chi connectivity index (χ1n) is 12.7. The van der Waals surface area contributed by atoms with E-state index < -0.39 is 5.97 Å². The van der Waals surface area contributed by atoms with Crippen LogP contribution in [0.5, 0.6) is 0 Å². The largest absolute Gasteiger partial charge is 0.462 e. The molecular formula is C28H30N4O4S2. The number of pyridine rings is 1. The Morgan fingerprint density at radius 3 is 2.63 bits per heavy atom. The van der Waals surface area contributed by atoms with E-state index in [2.05, 4.69) is 15.5 Å². The molecule has 0 saturated carbocycles. The fourth-order valence-corrected chi connectivity index (χ4v) is 6.80. The number of ether oxygens (including phenoxy) is 1. The number of thiophene rings is 1. The van der Waals surface area contributed by atoms with Crippen LogP contribution in [0.15, 0.2) is 47.3 Å². The number of nitrogens with zero attached hydrogens (tertiary/aromatic N) is 2. The molecule has 38 heavy (non-hydrogen) atoms. The molecular weight excluding hydrogens is 520 g/mol. The number of piperidine rings is 1. The van der Waals surface area contributed by atoms with E-state index in [0.717, 1.165) is 17.7 Å². The molecule has 5 rings (SSSR count). The zero-order valence-corrected chi connectivity index (χ0v) is 23.2. The number of carbonyl (C=O) groups excluding carboxylic acids is 2. The highest BCUT2D eigenvalue weighted by molar-refractivity contribution is 7.80. The standard InChI is InChI=1S/C28H30N4O4S2/c1-4-36-27(35)23-17(3)24(25(34)29-20-9-6-5-8-16(20)2)38-26(23)30-28(37)31-13-18-12-19(15-31)21-10-7-11-22(33)32(21)14-18/h5-11,18-19H,4,12-15H2,1-3H3,(H,29,34)(H,30,37)/t18-,19+/m1/s1. The lowest BCUT2D eigenvalue weighted by Gasteiger charge is -2.43. The van der Waals surface area contributed by atoms with Gasteiger partial charge in [-0.25, -0.2) is 4.79 Å². The first-order valence-corrected chi connectivity index (χ1v) is 13.9. The number of para-hydroxylation sites is 1. The summed E-state index contributed by atoms with van der Waals surface area (Å²) in [5, 5.41) is 7.20. The maximum Gasteiger partial charge on any atom is 0.341 e. The molecule has 2 atom stereocenters. The number of rotatable bonds is 5. The normalized spacial score (nSPS) is 17.9. The lowest BCUT2D eigenvalue weighted by Crippen LogP contribution is -2.50. The number of amides is 1. The van der Waals surface area contributed by atoms with Gasteiger partial charge in [0.25, 0.3) is 11.5 Å². The van der Waals surface area contributed by atoms with Crippen LogP contribution in [0.4, 0.5) is 10.7 Å². The summed E-state index contributed by atoms with van der Waals surface area (Å²) in [6.07, 6.45) is 1.01. The van der Waals surface area contributed by atoms with Gasteiger partial charge in [-0.05, 0) is 68.6 Å².